The van der Waals surface area contributed by atoms with Crippen molar-refractivity contribution in [1.82, 2.24) is 9.97 Å². The standard InChI is InChI=1S/C14H12N2O2.Fe/c17-7-9-3-5-15-13-11(9)1-2-12-10(8-18)4-6-16-14(12)13;/h1-6,17-18H,7-8H2;. The van der Waals surface area contributed by atoms with Gasteiger partial charge in [0.25, 0.3) is 0 Å². The molecule has 0 fully saturated rings. The van der Waals surface area contributed by atoms with E-state index in [9.17, 15) is 10.2 Å². The second-order valence-electron chi connectivity index (χ2n) is 4.11. The molecule has 0 saturated heterocycles. The van der Waals surface area contributed by atoms with E-state index in [0.29, 0.717) is 0 Å². The summed E-state index contributed by atoms with van der Waals surface area (Å²) in [5, 5.41) is 20.4. The van der Waals surface area contributed by atoms with Crippen LogP contribution in [0.2, 0.25) is 0 Å². The van der Waals surface area contributed by atoms with Gasteiger partial charge in [-0.15, -0.1) is 0 Å². The van der Waals surface area contributed by atoms with Gasteiger partial charge in [0.05, 0.1) is 24.2 Å². The summed E-state index contributed by atoms with van der Waals surface area (Å²) in [7, 11) is 0. The third-order valence-corrected chi connectivity index (χ3v) is 3.14. The van der Waals surface area contributed by atoms with Crippen LogP contribution in [-0.2, 0) is 30.3 Å². The van der Waals surface area contributed by atoms with E-state index in [1.54, 1.807) is 24.5 Å². The summed E-state index contributed by atoms with van der Waals surface area (Å²) in [6, 6.07) is 7.42. The van der Waals surface area contributed by atoms with Gasteiger partial charge >= 0.3 is 0 Å². The minimum absolute atomic E-state index is 0. The number of hydrogen-bond donors (Lipinski definition) is 2. The molecule has 2 N–H and O–H groups in total. The van der Waals surface area contributed by atoms with Crippen LogP contribution in [0.15, 0.2) is 36.7 Å². The van der Waals surface area contributed by atoms with Gasteiger partial charge in [-0.1, -0.05) is 12.1 Å². The number of nitrogens with zero attached hydrogens (tertiary/aromatic N) is 2. The molecule has 0 bridgehead atoms. The normalized spacial score (nSPS) is 10.6. The molecule has 4 nitrogen and oxygen atoms in total. The van der Waals surface area contributed by atoms with Crippen molar-refractivity contribution in [2.45, 2.75) is 13.2 Å². The molecule has 0 amide bonds. The van der Waals surface area contributed by atoms with Crippen LogP contribution in [-0.4, -0.2) is 20.2 Å². The summed E-state index contributed by atoms with van der Waals surface area (Å²) in [4.78, 5) is 8.68. The molecule has 3 rings (SSSR count). The Balaban J connectivity index is 0.00000133. The van der Waals surface area contributed by atoms with Crippen LogP contribution < -0.4 is 0 Å². The SMILES string of the molecule is OCc1ccnc2c1ccc1c(CO)ccnc12.[Fe]. The van der Waals surface area contributed by atoms with Crippen molar-refractivity contribution >= 4 is 21.8 Å². The third-order valence-electron chi connectivity index (χ3n) is 3.14. The molecule has 0 radical (unpaired) electrons. The fourth-order valence-electron chi connectivity index (χ4n) is 2.22. The minimum atomic E-state index is -0.0236. The Morgan fingerprint density at radius 1 is 0.737 bits per heavy atom. The smallest absolute Gasteiger partial charge is 0.0968 e. The molecule has 0 unspecified atom stereocenters. The van der Waals surface area contributed by atoms with Crippen molar-refractivity contribution in [2.75, 3.05) is 0 Å². The van der Waals surface area contributed by atoms with Gasteiger partial charge in [0.15, 0.2) is 0 Å². The van der Waals surface area contributed by atoms with Crippen LogP contribution in [0.5, 0.6) is 0 Å². The monoisotopic (exact) mass is 296 g/mol. The maximum atomic E-state index is 9.32. The van der Waals surface area contributed by atoms with Crippen LogP contribution in [0, 0.1) is 0 Å². The third kappa shape index (κ3) is 2.22. The van der Waals surface area contributed by atoms with Gasteiger partial charge in [0, 0.05) is 40.2 Å². The van der Waals surface area contributed by atoms with Gasteiger partial charge in [-0.3, -0.25) is 9.97 Å². The predicted octanol–water partition coefficient (Wildman–Crippen LogP) is 1.77. The molecule has 0 atom stereocenters. The Labute approximate surface area is 120 Å². The van der Waals surface area contributed by atoms with Crippen LogP contribution in [0.25, 0.3) is 21.8 Å². The van der Waals surface area contributed by atoms with E-state index in [1.807, 2.05) is 12.1 Å². The van der Waals surface area contributed by atoms with Crippen LogP contribution in [0.1, 0.15) is 11.1 Å². The molecule has 19 heavy (non-hydrogen) atoms. The fourth-order valence-corrected chi connectivity index (χ4v) is 2.22. The van der Waals surface area contributed by atoms with Crippen molar-refractivity contribution in [1.29, 1.82) is 0 Å². The topological polar surface area (TPSA) is 66.2 Å². The number of aromatic nitrogens is 2. The summed E-state index contributed by atoms with van der Waals surface area (Å²) in [6.07, 6.45) is 3.33. The first-order chi connectivity index (χ1) is 8.85. The van der Waals surface area contributed by atoms with Gasteiger partial charge < -0.3 is 10.2 Å². The summed E-state index contributed by atoms with van der Waals surface area (Å²) in [5.74, 6) is 0. The summed E-state index contributed by atoms with van der Waals surface area (Å²) in [6.45, 7) is -0.0472. The zero-order chi connectivity index (χ0) is 12.5. The molecule has 98 valence electrons. The fraction of sp³-hybridized carbons (Fsp3) is 0.143. The van der Waals surface area contributed by atoms with Crippen molar-refractivity contribution < 1.29 is 27.3 Å². The zero-order valence-electron chi connectivity index (χ0n) is 10.0. The quantitative estimate of drug-likeness (QED) is 0.558. The first-order valence-electron chi connectivity index (χ1n) is 5.71. The van der Waals surface area contributed by atoms with Crippen molar-refractivity contribution in [2.24, 2.45) is 0 Å². The molecular formula is C14H12FeN2O2. The Kier molecular flexibility index (Phi) is 4.12. The van der Waals surface area contributed by atoms with Gasteiger partial charge in [0.2, 0.25) is 0 Å². The predicted molar refractivity (Wildman–Crippen MR) is 68.9 cm³/mol. The largest absolute Gasteiger partial charge is 0.392 e. The molecule has 0 spiro atoms. The van der Waals surface area contributed by atoms with Crippen molar-refractivity contribution in [3.05, 3.63) is 47.8 Å². The maximum absolute atomic E-state index is 9.32. The zero-order valence-corrected chi connectivity index (χ0v) is 11.1. The van der Waals surface area contributed by atoms with E-state index in [-0.39, 0.29) is 30.3 Å². The average molecular weight is 296 g/mol. The van der Waals surface area contributed by atoms with E-state index in [2.05, 4.69) is 9.97 Å². The second kappa shape index (κ2) is 5.63. The first-order valence-corrected chi connectivity index (χ1v) is 5.71. The Morgan fingerprint density at radius 3 is 1.53 bits per heavy atom. The number of rotatable bonds is 2. The van der Waals surface area contributed by atoms with E-state index < -0.39 is 0 Å². The maximum Gasteiger partial charge on any atom is 0.0968 e. The number of aliphatic hydroxyl groups is 2. The van der Waals surface area contributed by atoms with Crippen LogP contribution in [0.3, 0.4) is 0 Å². The number of hydrogen-bond acceptors (Lipinski definition) is 4. The molecule has 5 heteroatoms. The van der Waals surface area contributed by atoms with Gasteiger partial charge in [0.1, 0.15) is 0 Å². The second-order valence-corrected chi connectivity index (χ2v) is 4.11. The number of benzene rings is 1. The number of aliphatic hydroxyl groups excluding tert-OH is 2. The Hall–Kier alpha value is -1.52. The Bertz CT molecular complexity index is 668. The van der Waals surface area contributed by atoms with E-state index in [0.717, 1.165) is 32.9 Å². The molecule has 0 saturated carbocycles. The Morgan fingerprint density at radius 2 is 1.16 bits per heavy atom. The molecule has 2 heterocycles. The molecule has 0 aliphatic heterocycles. The molecule has 0 aliphatic rings. The molecular weight excluding hydrogens is 284 g/mol. The molecule has 3 aromatic rings. The van der Waals surface area contributed by atoms with E-state index in [1.165, 1.54) is 0 Å². The molecule has 2 aromatic heterocycles. The summed E-state index contributed by atoms with van der Waals surface area (Å²) < 4.78 is 0. The molecule has 1 aromatic carbocycles. The average Bonchev–Trinajstić information content (AvgIpc) is 2.45. The van der Waals surface area contributed by atoms with Gasteiger partial charge in [-0.2, -0.15) is 0 Å². The van der Waals surface area contributed by atoms with Crippen molar-refractivity contribution in [3.63, 3.8) is 0 Å². The molecule has 0 aliphatic carbocycles. The first kappa shape index (κ1) is 13.9. The van der Waals surface area contributed by atoms with Crippen LogP contribution in [0.4, 0.5) is 0 Å². The van der Waals surface area contributed by atoms with E-state index >= 15 is 0 Å². The van der Waals surface area contributed by atoms with Gasteiger partial charge in [-0.05, 0) is 23.3 Å². The summed E-state index contributed by atoms with van der Waals surface area (Å²) >= 11 is 0. The van der Waals surface area contributed by atoms with Crippen molar-refractivity contribution in [3.8, 4) is 0 Å². The summed E-state index contributed by atoms with van der Waals surface area (Å²) in [5.41, 5.74) is 3.18. The minimum Gasteiger partial charge on any atom is -0.392 e. The number of fused-ring (bicyclic) bond motifs is 3. The van der Waals surface area contributed by atoms with Crippen LogP contribution >= 0.6 is 0 Å². The van der Waals surface area contributed by atoms with Gasteiger partial charge in [-0.25, -0.2) is 0 Å². The van der Waals surface area contributed by atoms with E-state index in [4.69, 9.17) is 0 Å². The number of pyridine rings is 2.